The maximum Gasteiger partial charge on any atom is 0.224 e. The summed E-state index contributed by atoms with van der Waals surface area (Å²) in [5, 5.41) is 3.04. The van der Waals surface area contributed by atoms with Crippen LogP contribution in [0.4, 0.5) is 14.5 Å². The van der Waals surface area contributed by atoms with Gasteiger partial charge in [-0.3, -0.25) is 4.79 Å². The summed E-state index contributed by atoms with van der Waals surface area (Å²) in [6.07, 6.45) is 1.38. The number of oxazole rings is 1. The van der Waals surface area contributed by atoms with Crippen molar-refractivity contribution in [2.24, 2.45) is 0 Å². The number of aromatic nitrogens is 1. The van der Waals surface area contributed by atoms with Gasteiger partial charge in [0.15, 0.2) is 11.7 Å². The molecule has 0 atom stereocenters. The number of hydrogen-bond acceptors (Lipinski definition) is 5. The number of nitrogens with one attached hydrogen (secondary N) is 1. The molecule has 0 saturated carbocycles. The number of nitrogens with zero attached hydrogens (tertiary/aromatic N) is 1. The number of carbonyl (C=O) groups is 1. The zero-order chi connectivity index (χ0) is 21.0. The summed E-state index contributed by atoms with van der Waals surface area (Å²) in [6.45, 7) is 0. The predicted molar refractivity (Wildman–Crippen MR) is 103 cm³/mol. The molecule has 0 saturated heterocycles. The molecule has 0 aliphatic heterocycles. The largest absolute Gasteiger partial charge is 0.495 e. The third-order valence-corrected chi connectivity index (χ3v) is 4.37. The topological polar surface area (TPSA) is 73.6 Å². The van der Waals surface area contributed by atoms with E-state index in [1.165, 1.54) is 32.5 Å². The summed E-state index contributed by atoms with van der Waals surface area (Å²) in [5.74, 6) is -0.962. The lowest BCUT2D eigenvalue weighted by Crippen LogP contribution is -2.13. The van der Waals surface area contributed by atoms with Gasteiger partial charge in [0, 0.05) is 25.0 Å². The number of carbonyl (C=O) groups excluding carboxylic acids is 1. The lowest BCUT2D eigenvalue weighted by atomic mass is 10.1. The van der Waals surface area contributed by atoms with Crippen LogP contribution in [0.1, 0.15) is 12.3 Å². The van der Waals surface area contributed by atoms with Crippen molar-refractivity contribution in [2.45, 2.75) is 12.8 Å². The van der Waals surface area contributed by atoms with E-state index in [2.05, 4.69) is 10.3 Å². The highest BCUT2D eigenvalue weighted by Gasteiger charge is 2.17. The zero-order valence-corrected chi connectivity index (χ0v) is 16.3. The van der Waals surface area contributed by atoms with Crippen molar-refractivity contribution < 1.29 is 27.5 Å². The van der Waals surface area contributed by atoms with Crippen molar-refractivity contribution in [3.8, 4) is 22.8 Å². The molecule has 3 rings (SSSR count). The van der Waals surface area contributed by atoms with Gasteiger partial charge in [0.2, 0.25) is 5.91 Å². The lowest BCUT2D eigenvalue weighted by molar-refractivity contribution is -0.116. The first-order chi connectivity index (χ1) is 13.9. The van der Waals surface area contributed by atoms with Crippen LogP contribution in [0.3, 0.4) is 0 Å². The molecule has 0 radical (unpaired) electrons. The van der Waals surface area contributed by atoms with Crippen LogP contribution in [-0.2, 0) is 11.2 Å². The second-order valence-electron chi connectivity index (χ2n) is 5.95. The quantitative estimate of drug-likeness (QED) is 0.588. The molecule has 0 aliphatic carbocycles. The zero-order valence-electron chi connectivity index (χ0n) is 15.6. The van der Waals surface area contributed by atoms with Crippen LogP contribution in [0.5, 0.6) is 11.5 Å². The van der Waals surface area contributed by atoms with E-state index in [0.717, 1.165) is 12.1 Å². The first-order valence-electron chi connectivity index (χ1n) is 8.53. The molecule has 0 aliphatic rings. The fourth-order valence-electron chi connectivity index (χ4n) is 2.67. The molecule has 1 N–H and O–H groups in total. The normalized spacial score (nSPS) is 10.7. The number of aryl methyl sites for hydroxylation is 1. The lowest BCUT2D eigenvalue weighted by Gasteiger charge is -2.13. The molecule has 0 spiro atoms. The van der Waals surface area contributed by atoms with E-state index in [4.69, 9.17) is 25.5 Å². The number of hydrogen-bond donors (Lipinski definition) is 1. The average Bonchev–Trinajstić information content (AvgIpc) is 3.15. The molecule has 1 heterocycles. The Labute approximate surface area is 170 Å². The van der Waals surface area contributed by atoms with Gasteiger partial charge < -0.3 is 19.2 Å². The first kappa shape index (κ1) is 20.6. The molecule has 0 bridgehead atoms. The Morgan fingerprint density at radius 3 is 2.52 bits per heavy atom. The van der Waals surface area contributed by atoms with Crippen LogP contribution in [0, 0.1) is 11.6 Å². The summed E-state index contributed by atoms with van der Waals surface area (Å²) in [7, 11) is 2.90. The summed E-state index contributed by atoms with van der Waals surface area (Å²) < 4.78 is 43.4. The molecular formula is C20H17ClF2N2O4. The minimum Gasteiger partial charge on any atom is -0.495 e. The summed E-state index contributed by atoms with van der Waals surface area (Å²) in [5.41, 5.74) is 0.0916. The number of halogens is 3. The van der Waals surface area contributed by atoms with Gasteiger partial charge in [0.1, 0.15) is 23.1 Å². The van der Waals surface area contributed by atoms with E-state index in [-0.39, 0.29) is 36.0 Å². The SMILES string of the molecule is COc1cc(NC(=O)CCc2ncc(-c3c(F)cccc3F)o2)c(OC)cc1Cl. The fraction of sp³-hybridized carbons (Fsp3) is 0.200. The van der Waals surface area contributed by atoms with Gasteiger partial charge in [-0.1, -0.05) is 17.7 Å². The summed E-state index contributed by atoms with van der Waals surface area (Å²) in [6, 6.07) is 6.59. The van der Waals surface area contributed by atoms with Crippen LogP contribution in [-0.4, -0.2) is 25.1 Å². The Hall–Kier alpha value is -3.13. The van der Waals surface area contributed by atoms with Crippen molar-refractivity contribution in [3.05, 3.63) is 59.1 Å². The van der Waals surface area contributed by atoms with Gasteiger partial charge >= 0.3 is 0 Å². The molecule has 2 aromatic carbocycles. The smallest absolute Gasteiger partial charge is 0.224 e. The maximum atomic E-state index is 13.8. The van der Waals surface area contributed by atoms with Gasteiger partial charge in [-0.15, -0.1) is 0 Å². The highest BCUT2D eigenvalue weighted by Crippen LogP contribution is 2.36. The van der Waals surface area contributed by atoms with Crippen LogP contribution in [0.25, 0.3) is 11.3 Å². The maximum absolute atomic E-state index is 13.8. The Balaban J connectivity index is 1.67. The van der Waals surface area contributed by atoms with E-state index in [1.54, 1.807) is 6.07 Å². The molecule has 3 aromatic rings. The Morgan fingerprint density at radius 2 is 1.86 bits per heavy atom. The molecule has 1 aromatic heterocycles. The van der Waals surface area contributed by atoms with E-state index < -0.39 is 11.6 Å². The molecule has 0 unspecified atom stereocenters. The standard InChI is InChI=1S/C20H17ClF2N2O4/c1-27-15-9-14(16(28-2)8-11(15)21)25-18(26)6-7-19-24-10-17(29-19)20-12(22)4-3-5-13(20)23/h3-5,8-10H,6-7H2,1-2H3,(H,25,26). The number of anilines is 1. The number of rotatable bonds is 7. The minimum absolute atomic E-state index is 0.0216. The highest BCUT2D eigenvalue weighted by atomic mass is 35.5. The third kappa shape index (κ3) is 4.65. The molecule has 0 fully saturated rings. The van der Waals surface area contributed by atoms with Gasteiger partial charge in [-0.05, 0) is 12.1 Å². The molecule has 152 valence electrons. The van der Waals surface area contributed by atoms with Crippen molar-refractivity contribution in [1.82, 2.24) is 4.98 Å². The summed E-state index contributed by atoms with van der Waals surface area (Å²) in [4.78, 5) is 16.3. The van der Waals surface area contributed by atoms with Crippen molar-refractivity contribution in [3.63, 3.8) is 0 Å². The van der Waals surface area contributed by atoms with Crippen molar-refractivity contribution in [2.75, 3.05) is 19.5 Å². The van der Waals surface area contributed by atoms with Crippen LogP contribution < -0.4 is 14.8 Å². The Kier molecular flexibility index (Phi) is 6.33. The predicted octanol–water partition coefficient (Wildman–Crippen LogP) is 4.86. The first-order valence-corrected chi connectivity index (χ1v) is 8.91. The number of methoxy groups -OCH3 is 2. The van der Waals surface area contributed by atoms with Crippen LogP contribution in [0.2, 0.25) is 5.02 Å². The van der Waals surface area contributed by atoms with Gasteiger partial charge in [0.25, 0.3) is 0 Å². The monoisotopic (exact) mass is 422 g/mol. The van der Waals surface area contributed by atoms with E-state index in [0.29, 0.717) is 22.2 Å². The number of benzene rings is 2. The molecule has 1 amide bonds. The molecule has 29 heavy (non-hydrogen) atoms. The second-order valence-corrected chi connectivity index (χ2v) is 6.36. The summed E-state index contributed by atoms with van der Waals surface area (Å²) >= 11 is 6.04. The van der Waals surface area contributed by atoms with Crippen LogP contribution in [0.15, 0.2) is 40.9 Å². The minimum atomic E-state index is -0.755. The number of amides is 1. The van der Waals surface area contributed by atoms with Crippen LogP contribution >= 0.6 is 11.6 Å². The fourth-order valence-corrected chi connectivity index (χ4v) is 2.90. The van der Waals surface area contributed by atoms with Gasteiger partial charge in [0.05, 0.1) is 36.7 Å². The Bertz CT molecular complexity index is 1020. The van der Waals surface area contributed by atoms with E-state index in [1.807, 2.05) is 0 Å². The molecule has 6 nitrogen and oxygen atoms in total. The van der Waals surface area contributed by atoms with Gasteiger partial charge in [-0.2, -0.15) is 0 Å². The third-order valence-electron chi connectivity index (χ3n) is 4.08. The number of ether oxygens (including phenoxy) is 2. The second kappa shape index (κ2) is 8.91. The van der Waals surface area contributed by atoms with E-state index >= 15 is 0 Å². The van der Waals surface area contributed by atoms with Gasteiger partial charge in [-0.25, -0.2) is 13.8 Å². The van der Waals surface area contributed by atoms with Crippen molar-refractivity contribution >= 4 is 23.2 Å². The average molecular weight is 423 g/mol. The van der Waals surface area contributed by atoms with E-state index in [9.17, 15) is 13.6 Å². The highest BCUT2D eigenvalue weighted by molar-refractivity contribution is 6.32. The molecule has 9 heteroatoms. The Morgan fingerprint density at radius 1 is 1.17 bits per heavy atom. The van der Waals surface area contributed by atoms with Crippen molar-refractivity contribution in [1.29, 1.82) is 0 Å². The molecular weight excluding hydrogens is 406 g/mol.